The predicted octanol–water partition coefficient (Wildman–Crippen LogP) is 2.27. The highest BCUT2D eigenvalue weighted by atomic mass is 32.2. The molecule has 4 nitrogen and oxygen atoms in total. The van der Waals surface area contributed by atoms with Gasteiger partial charge in [0.15, 0.2) is 9.84 Å². The predicted molar refractivity (Wildman–Crippen MR) is 78.2 cm³/mol. The quantitative estimate of drug-likeness (QED) is 0.920. The maximum atomic E-state index is 13.3. The van der Waals surface area contributed by atoms with Gasteiger partial charge in [-0.3, -0.25) is 0 Å². The first-order chi connectivity index (χ1) is 9.90. The van der Waals surface area contributed by atoms with Crippen molar-refractivity contribution in [3.63, 3.8) is 0 Å². The van der Waals surface area contributed by atoms with Gasteiger partial charge in [-0.25, -0.2) is 12.8 Å². The molecular weight excluding hydrogens is 293 g/mol. The van der Waals surface area contributed by atoms with Crippen LogP contribution in [0.5, 0.6) is 5.75 Å². The molecule has 0 saturated carbocycles. The summed E-state index contributed by atoms with van der Waals surface area (Å²) < 4.78 is 41.8. The molecule has 0 aliphatic heterocycles. The van der Waals surface area contributed by atoms with E-state index in [0.717, 1.165) is 11.8 Å². The molecule has 0 fully saturated rings. The molecule has 0 aliphatic carbocycles. The van der Waals surface area contributed by atoms with Gasteiger partial charge < -0.3 is 10.5 Å². The highest BCUT2D eigenvalue weighted by Crippen LogP contribution is 2.19. The second-order valence-corrected chi connectivity index (χ2v) is 6.68. The van der Waals surface area contributed by atoms with E-state index in [4.69, 9.17) is 10.5 Å². The summed E-state index contributed by atoms with van der Waals surface area (Å²) in [5, 5.41) is 0. The largest absolute Gasteiger partial charge is 0.489 e. The van der Waals surface area contributed by atoms with Crippen molar-refractivity contribution in [2.75, 3.05) is 6.26 Å². The Balaban J connectivity index is 2.13. The van der Waals surface area contributed by atoms with Crippen LogP contribution in [0, 0.1) is 5.82 Å². The molecule has 0 spiro atoms. The topological polar surface area (TPSA) is 69.4 Å². The first-order valence-electron chi connectivity index (χ1n) is 6.30. The zero-order valence-electron chi connectivity index (χ0n) is 11.5. The van der Waals surface area contributed by atoms with E-state index in [1.807, 2.05) is 0 Å². The fraction of sp³-hybridized carbons (Fsp3) is 0.200. The number of rotatable bonds is 5. The molecule has 2 rings (SSSR count). The standard InChI is InChI=1S/C15H16FNO3S/c1-21(18,19)14-4-2-3-13(8-14)20-10-11-5-6-15(16)12(7-11)9-17/h2-8H,9-10,17H2,1H3. The smallest absolute Gasteiger partial charge is 0.175 e. The maximum absolute atomic E-state index is 13.3. The lowest BCUT2D eigenvalue weighted by Crippen LogP contribution is -2.03. The monoisotopic (exact) mass is 309 g/mol. The molecule has 21 heavy (non-hydrogen) atoms. The van der Waals surface area contributed by atoms with E-state index >= 15 is 0 Å². The van der Waals surface area contributed by atoms with Crippen molar-refractivity contribution in [3.05, 3.63) is 59.4 Å². The molecule has 0 bridgehead atoms. The Morgan fingerprint density at radius 1 is 1.19 bits per heavy atom. The van der Waals surface area contributed by atoms with Crippen LogP contribution >= 0.6 is 0 Å². The van der Waals surface area contributed by atoms with Gasteiger partial charge in [-0.05, 0) is 35.9 Å². The SMILES string of the molecule is CS(=O)(=O)c1cccc(OCc2ccc(F)c(CN)c2)c1. The van der Waals surface area contributed by atoms with E-state index in [1.54, 1.807) is 24.3 Å². The van der Waals surface area contributed by atoms with Crippen molar-refractivity contribution in [3.8, 4) is 5.75 Å². The summed E-state index contributed by atoms with van der Waals surface area (Å²) in [6.07, 6.45) is 1.14. The van der Waals surface area contributed by atoms with Gasteiger partial charge in [-0.1, -0.05) is 12.1 Å². The third kappa shape index (κ3) is 4.03. The molecule has 0 unspecified atom stereocenters. The summed E-state index contributed by atoms with van der Waals surface area (Å²) in [5.74, 6) is 0.0943. The Labute approximate surface area is 123 Å². The average molecular weight is 309 g/mol. The first-order valence-corrected chi connectivity index (χ1v) is 8.19. The minimum atomic E-state index is -3.27. The zero-order valence-corrected chi connectivity index (χ0v) is 12.4. The molecule has 0 amide bonds. The number of nitrogens with two attached hydrogens (primary N) is 1. The van der Waals surface area contributed by atoms with Gasteiger partial charge >= 0.3 is 0 Å². The van der Waals surface area contributed by atoms with Gasteiger partial charge in [0.2, 0.25) is 0 Å². The van der Waals surface area contributed by atoms with Crippen molar-refractivity contribution in [1.82, 2.24) is 0 Å². The molecule has 0 saturated heterocycles. The summed E-state index contributed by atoms with van der Waals surface area (Å²) in [4.78, 5) is 0.196. The number of sulfone groups is 1. The molecular formula is C15H16FNO3S. The highest BCUT2D eigenvalue weighted by molar-refractivity contribution is 7.90. The van der Waals surface area contributed by atoms with Crippen LogP contribution in [0.3, 0.4) is 0 Å². The summed E-state index contributed by atoms with van der Waals surface area (Å²) in [6, 6.07) is 10.8. The lowest BCUT2D eigenvalue weighted by Gasteiger charge is -2.09. The molecule has 2 aromatic carbocycles. The van der Waals surface area contributed by atoms with Crippen LogP contribution in [0.1, 0.15) is 11.1 Å². The molecule has 0 atom stereocenters. The second kappa shape index (κ2) is 6.24. The van der Waals surface area contributed by atoms with Crippen molar-refractivity contribution in [2.24, 2.45) is 5.73 Å². The second-order valence-electron chi connectivity index (χ2n) is 4.67. The van der Waals surface area contributed by atoms with E-state index in [1.165, 1.54) is 18.2 Å². The molecule has 112 valence electrons. The zero-order chi connectivity index (χ0) is 15.5. The van der Waals surface area contributed by atoms with E-state index < -0.39 is 9.84 Å². The molecule has 2 N–H and O–H groups in total. The Kier molecular flexibility index (Phi) is 4.59. The van der Waals surface area contributed by atoms with Gasteiger partial charge in [-0.15, -0.1) is 0 Å². The molecule has 0 aliphatic rings. The van der Waals surface area contributed by atoms with Crippen molar-refractivity contribution in [2.45, 2.75) is 18.0 Å². The minimum absolute atomic E-state index is 0.114. The van der Waals surface area contributed by atoms with Crippen molar-refractivity contribution < 1.29 is 17.5 Å². The number of hydrogen-bond acceptors (Lipinski definition) is 4. The Hall–Kier alpha value is -1.92. The fourth-order valence-corrected chi connectivity index (χ4v) is 2.49. The van der Waals surface area contributed by atoms with Crippen LogP contribution in [0.2, 0.25) is 0 Å². The number of halogens is 1. The first kappa shape index (κ1) is 15.5. The van der Waals surface area contributed by atoms with Gasteiger partial charge in [0.05, 0.1) is 4.90 Å². The Bertz CT molecular complexity index is 744. The average Bonchev–Trinajstić information content (AvgIpc) is 2.46. The number of ether oxygens (including phenoxy) is 1. The summed E-state index contributed by atoms with van der Waals surface area (Å²) in [7, 11) is -3.27. The molecule has 0 aromatic heterocycles. The lowest BCUT2D eigenvalue weighted by atomic mass is 10.1. The molecule has 0 radical (unpaired) electrons. The third-order valence-corrected chi connectivity index (χ3v) is 4.08. The molecule has 2 aromatic rings. The third-order valence-electron chi connectivity index (χ3n) is 2.97. The molecule has 0 heterocycles. The normalized spacial score (nSPS) is 11.4. The van der Waals surface area contributed by atoms with E-state index in [0.29, 0.717) is 11.3 Å². The van der Waals surface area contributed by atoms with Crippen LogP contribution in [-0.4, -0.2) is 14.7 Å². The van der Waals surface area contributed by atoms with Gasteiger partial charge in [0.1, 0.15) is 18.2 Å². The van der Waals surface area contributed by atoms with Crippen molar-refractivity contribution >= 4 is 9.84 Å². The number of hydrogen-bond donors (Lipinski definition) is 1. The van der Waals surface area contributed by atoms with Crippen LogP contribution in [-0.2, 0) is 23.0 Å². The Morgan fingerprint density at radius 3 is 2.62 bits per heavy atom. The van der Waals surface area contributed by atoms with E-state index in [9.17, 15) is 12.8 Å². The van der Waals surface area contributed by atoms with Crippen LogP contribution < -0.4 is 10.5 Å². The van der Waals surface area contributed by atoms with Gasteiger partial charge in [0, 0.05) is 18.4 Å². The van der Waals surface area contributed by atoms with Gasteiger partial charge in [-0.2, -0.15) is 0 Å². The minimum Gasteiger partial charge on any atom is -0.489 e. The van der Waals surface area contributed by atoms with Gasteiger partial charge in [0.25, 0.3) is 0 Å². The fourth-order valence-electron chi connectivity index (χ4n) is 1.84. The number of benzene rings is 2. The maximum Gasteiger partial charge on any atom is 0.175 e. The van der Waals surface area contributed by atoms with E-state index in [-0.39, 0.29) is 23.9 Å². The van der Waals surface area contributed by atoms with Crippen LogP contribution in [0.25, 0.3) is 0 Å². The van der Waals surface area contributed by atoms with E-state index in [2.05, 4.69) is 0 Å². The highest BCUT2D eigenvalue weighted by Gasteiger charge is 2.08. The molecule has 6 heteroatoms. The van der Waals surface area contributed by atoms with Crippen molar-refractivity contribution in [1.29, 1.82) is 0 Å². The van der Waals surface area contributed by atoms with Crippen LogP contribution in [0.4, 0.5) is 4.39 Å². The van der Waals surface area contributed by atoms with Crippen LogP contribution in [0.15, 0.2) is 47.4 Å². The summed E-state index contributed by atoms with van der Waals surface area (Å²) in [6.45, 7) is 0.323. The lowest BCUT2D eigenvalue weighted by molar-refractivity contribution is 0.305. The Morgan fingerprint density at radius 2 is 1.95 bits per heavy atom. The summed E-state index contributed by atoms with van der Waals surface area (Å²) >= 11 is 0. The summed E-state index contributed by atoms with van der Waals surface area (Å²) in [5.41, 5.74) is 6.63.